The highest BCUT2D eigenvalue weighted by Crippen LogP contribution is 2.17. The molecule has 1 aliphatic rings. The zero-order chi connectivity index (χ0) is 11.1. The number of carbonyl (C=O) groups is 1. The first-order valence-electron chi connectivity index (χ1n) is 6.04. The molecular formula is C12H23NO2. The van der Waals surface area contributed by atoms with Crippen LogP contribution in [0.5, 0.6) is 0 Å². The van der Waals surface area contributed by atoms with Crippen molar-refractivity contribution in [3.05, 3.63) is 0 Å². The Labute approximate surface area is 92.6 Å². The molecule has 0 aromatic heterocycles. The molecule has 0 radical (unpaired) electrons. The van der Waals surface area contributed by atoms with Gasteiger partial charge in [0, 0.05) is 31.6 Å². The molecule has 88 valence electrons. The summed E-state index contributed by atoms with van der Waals surface area (Å²) in [6.45, 7) is 6.73. The Balaban J connectivity index is 2.07. The maximum atomic E-state index is 11.8. The lowest BCUT2D eigenvalue weighted by atomic mass is 9.93. The zero-order valence-corrected chi connectivity index (χ0v) is 9.92. The fourth-order valence-electron chi connectivity index (χ4n) is 1.88. The quantitative estimate of drug-likeness (QED) is 0.683. The summed E-state index contributed by atoms with van der Waals surface area (Å²) in [5, 5.41) is 3.33. The molecule has 3 nitrogen and oxygen atoms in total. The van der Waals surface area contributed by atoms with Gasteiger partial charge in [0.25, 0.3) is 0 Å². The number of nitrogens with one attached hydrogen (secondary N) is 1. The molecule has 1 heterocycles. The van der Waals surface area contributed by atoms with Crippen LogP contribution < -0.4 is 5.32 Å². The van der Waals surface area contributed by atoms with Gasteiger partial charge in [0.2, 0.25) is 0 Å². The van der Waals surface area contributed by atoms with Crippen molar-refractivity contribution in [3.8, 4) is 0 Å². The molecule has 15 heavy (non-hydrogen) atoms. The Morgan fingerprint density at radius 3 is 2.67 bits per heavy atom. The minimum absolute atomic E-state index is 0.276. The number of rotatable bonds is 6. The molecule has 1 aliphatic heterocycles. The fourth-order valence-corrected chi connectivity index (χ4v) is 1.88. The van der Waals surface area contributed by atoms with Crippen molar-refractivity contribution in [2.75, 3.05) is 19.8 Å². The Morgan fingerprint density at radius 2 is 2.07 bits per heavy atom. The third-order valence-corrected chi connectivity index (χ3v) is 2.83. The molecule has 0 spiro atoms. The van der Waals surface area contributed by atoms with E-state index >= 15 is 0 Å². The van der Waals surface area contributed by atoms with E-state index in [4.69, 9.17) is 4.74 Å². The highest BCUT2D eigenvalue weighted by Gasteiger charge is 2.20. The van der Waals surface area contributed by atoms with Gasteiger partial charge in [0.05, 0.1) is 0 Å². The van der Waals surface area contributed by atoms with Crippen LogP contribution in [0.3, 0.4) is 0 Å². The molecule has 1 fully saturated rings. The highest BCUT2D eigenvalue weighted by atomic mass is 16.5. The van der Waals surface area contributed by atoms with Crippen LogP contribution in [-0.2, 0) is 9.53 Å². The van der Waals surface area contributed by atoms with E-state index in [9.17, 15) is 4.79 Å². The molecule has 1 rings (SSSR count). The van der Waals surface area contributed by atoms with E-state index in [1.165, 1.54) is 0 Å². The number of hydrogen-bond donors (Lipinski definition) is 1. The number of Topliss-reactive ketones (excluding diaryl/α,β-unsaturated/α-hetero) is 1. The van der Waals surface area contributed by atoms with Crippen LogP contribution >= 0.6 is 0 Å². The molecule has 0 atom stereocenters. The van der Waals surface area contributed by atoms with Gasteiger partial charge in [0.1, 0.15) is 5.78 Å². The van der Waals surface area contributed by atoms with Gasteiger partial charge >= 0.3 is 0 Å². The summed E-state index contributed by atoms with van der Waals surface area (Å²) in [4.78, 5) is 11.8. The Morgan fingerprint density at radius 1 is 1.40 bits per heavy atom. The van der Waals surface area contributed by atoms with Crippen LogP contribution in [0.15, 0.2) is 0 Å². The minimum atomic E-state index is 0.276. The van der Waals surface area contributed by atoms with Crippen molar-refractivity contribution in [1.29, 1.82) is 0 Å². The summed E-state index contributed by atoms with van der Waals surface area (Å²) in [5.41, 5.74) is 0. The van der Waals surface area contributed by atoms with Gasteiger partial charge in [-0.25, -0.2) is 0 Å². The standard InChI is InChI=1S/C12H23NO2/c1-10(2)13-7-3-4-12(14)11-5-8-15-9-6-11/h10-11,13H,3-9H2,1-2H3. The second-order valence-corrected chi connectivity index (χ2v) is 4.57. The van der Waals surface area contributed by atoms with Crippen LogP contribution in [0.4, 0.5) is 0 Å². The molecule has 0 aliphatic carbocycles. The van der Waals surface area contributed by atoms with E-state index < -0.39 is 0 Å². The van der Waals surface area contributed by atoms with E-state index in [-0.39, 0.29) is 5.92 Å². The molecular weight excluding hydrogens is 190 g/mol. The molecule has 0 amide bonds. The Kier molecular flexibility index (Phi) is 5.88. The summed E-state index contributed by atoms with van der Waals surface area (Å²) in [6, 6.07) is 0.517. The topological polar surface area (TPSA) is 38.3 Å². The summed E-state index contributed by atoms with van der Waals surface area (Å²) in [5.74, 6) is 0.710. The van der Waals surface area contributed by atoms with Gasteiger partial charge in [-0.3, -0.25) is 4.79 Å². The molecule has 1 saturated heterocycles. The van der Waals surface area contributed by atoms with E-state index in [0.717, 1.165) is 45.4 Å². The predicted molar refractivity (Wildman–Crippen MR) is 60.9 cm³/mol. The van der Waals surface area contributed by atoms with Gasteiger partial charge < -0.3 is 10.1 Å². The maximum Gasteiger partial charge on any atom is 0.136 e. The first kappa shape index (κ1) is 12.7. The van der Waals surface area contributed by atoms with Crippen LogP contribution in [-0.4, -0.2) is 31.6 Å². The molecule has 0 saturated carbocycles. The smallest absolute Gasteiger partial charge is 0.136 e. The third kappa shape index (κ3) is 5.28. The van der Waals surface area contributed by atoms with Gasteiger partial charge in [-0.2, -0.15) is 0 Å². The molecule has 0 aromatic rings. The predicted octanol–water partition coefficient (Wildman–Crippen LogP) is 1.76. The van der Waals surface area contributed by atoms with Gasteiger partial charge in [-0.1, -0.05) is 13.8 Å². The molecule has 3 heteroatoms. The summed E-state index contributed by atoms with van der Waals surface area (Å²) >= 11 is 0. The largest absolute Gasteiger partial charge is 0.381 e. The maximum absolute atomic E-state index is 11.8. The molecule has 0 unspecified atom stereocenters. The molecule has 0 bridgehead atoms. The van der Waals surface area contributed by atoms with Gasteiger partial charge in [-0.15, -0.1) is 0 Å². The normalized spacial score (nSPS) is 18.3. The SMILES string of the molecule is CC(C)NCCCC(=O)C1CCOCC1. The van der Waals surface area contributed by atoms with E-state index in [0.29, 0.717) is 11.8 Å². The summed E-state index contributed by atoms with van der Waals surface area (Å²) in [7, 11) is 0. The summed E-state index contributed by atoms with van der Waals surface area (Å²) in [6.07, 6.45) is 3.55. The van der Waals surface area contributed by atoms with E-state index in [1.807, 2.05) is 0 Å². The second-order valence-electron chi connectivity index (χ2n) is 4.57. The molecule has 0 aromatic carbocycles. The Hall–Kier alpha value is -0.410. The van der Waals surface area contributed by atoms with Crippen molar-refractivity contribution in [1.82, 2.24) is 5.32 Å². The fraction of sp³-hybridized carbons (Fsp3) is 0.917. The van der Waals surface area contributed by atoms with Crippen molar-refractivity contribution in [2.24, 2.45) is 5.92 Å². The lowest BCUT2D eigenvalue weighted by Crippen LogP contribution is -2.26. The van der Waals surface area contributed by atoms with Crippen LogP contribution in [0.2, 0.25) is 0 Å². The van der Waals surface area contributed by atoms with Crippen LogP contribution in [0, 0.1) is 5.92 Å². The van der Waals surface area contributed by atoms with Gasteiger partial charge in [-0.05, 0) is 25.8 Å². The van der Waals surface area contributed by atoms with Crippen molar-refractivity contribution >= 4 is 5.78 Å². The number of ether oxygens (including phenoxy) is 1. The van der Waals surface area contributed by atoms with Crippen LogP contribution in [0.25, 0.3) is 0 Å². The third-order valence-electron chi connectivity index (χ3n) is 2.83. The average Bonchev–Trinajstić information content (AvgIpc) is 2.25. The lowest BCUT2D eigenvalue weighted by Gasteiger charge is -2.20. The van der Waals surface area contributed by atoms with Gasteiger partial charge in [0.15, 0.2) is 0 Å². The second kappa shape index (κ2) is 6.96. The first-order chi connectivity index (χ1) is 7.20. The average molecular weight is 213 g/mol. The monoisotopic (exact) mass is 213 g/mol. The van der Waals surface area contributed by atoms with Crippen molar-refractivity contribution in [2.45, 2.75) is 45.6 Å². The van der Waals surface area contributed by atoms with E-state index in [2.05, 4.69) is 19.2 Å². The van der Waals surface area contributed by atoms with Crippen LogP contribution in [0.1, 0.15) is 39.5 Å². The minimum Gasteiger partial charge on any atom is -0.381 e. The van der Waals surface area contributed by atoms with Crippen molar-refractivity contribution in [3.63, 3.8) is 0 Å². The lowest BCUT2D eigenvalue weighted by molar-refractivity contribution is -0.125. The van der Waals surface area contributed by atoms with Crippen molar-refractivity contribution < 1.29 is 9.53 Å². The highest BCUT2D eigenvalue weighted by molar-refractivity contribution is 5.81. The zero-order valence-electron chi connectivity index (χ0n) is 9.92. The number of ketones is 1. The Bertz CT molecular complexity index is 186. The van der Waals surface area contributed by atoms with E-state index in [1.54, 1.807) is 0 Å². The number of carbonyl (C=O) groups excluding carboxylic acids is 1. The summed E-state index contributed by atoms with van der Waals surface area (Å²) < 4.78 is 5.24. The molecule has 1 N–H and O–H groups in total. The first-order valence-corrected chi connectivity index (χ1v) is 6.04. The number of hydrogen-bond acceptors (Lipinski definition) is 3.